The highest BCUT2D eigenvalue weighted by Gasteiger charge is 2.25. The highest BCUT2D eigenvalue weighted by molar-refractivity contribution is 14.0. The number of rotatable bonds is 10. The Bertz CT molecular complexity index is 607. The van der Waals surface area contributed by atoms with E-state index in [-0.39, 0.29) is 30.0 Å². The molecule has 1 heterocycles. The van der Waals surface area contributed by atoms with E-state index in [1.807, 2.05) is 32.0 Å². The lowest BCUT2D eigenvalue weighted by atomic mass is 10.0. The number of nitrogens with one attached hydrogen (secondary N) is 3. The first-order valence-corrected chi connectivity index (χ1v) is 10.8. The number of nitrogens with zero attached hydrogens (tertiary/aromatic N) is 2. The molecule has 1 aromatic rings. The van der Waals surface area contributed by atoms with Crippen LogP contribution in [0.15, 0.2) is 35.3 Å². The molecular weight excluding hydrogens is 493 g/mol. The lowest BCUT2D eigenvalue weighted by Gasteiger charge is -2.33. The van der Waals surface area contributed by atoms with Crippen molar-refractivity contribution in [2.45, 2.75) is 39.3 Å². The normalized spacial score (nSPS) is 18.3. The van der Waals surface area contributed by atoms with Gasteiger partial charge in [0, 0.05) is 44.5 Å². The molecule has 0 radical (unpaired) electrons. The van der Waals surface area contributed by atoms with E-state index in [9.17, 15) is 5.11 Å². The zero-order chi connectivity index (χ0) is 21.1. The standard InChI is InChI=1S/C22H39N5O2.HI/c1-5-23-21(25-16-22(4,28)17-27-11-13-29-14-12-27)24-15-20(18(2)3)26-19-9-7-6-8-10-19;/h6-10,18,20,26,28H,5,11-17H2,1-4H3,(H2,23,24,25);1H. The molecule has 0 aliphatic carbocycles. The van der Waals surface area contributed by atoms with Gasteiger partial charge >= 0.3 is 0 Å². The SMILES string of the molecule is CCNC(=NCC(C)(O)CN1CCOCC1)NCC(Nc1ccccc1)C(C)C.I. The van der Waals surface area contributed by atoms with Gasteiger partial charge in [-0.3, -0.25) is 9.89 Å². The van der Waals surface area contributed by atoms with Crippen LogP contribution in [0.1, 0.15) is 27.7 Å². The number of β-amino-alcohol motifs (C(OH)–C–C–N with tert-alkyl or cyclic N) is 1. The van der Waals surface area contributed by atoms with Crippen molar-refractivity contribution in [1.82, 2.24) is 15.5 Å². The van der Waals surface area contributed by atoms with Gasteiger partial charge in [0.25, 0.3) is 0 Å². The van der Waals surface area contributed by atoms with Crippen LogP contribution in [0.3, 0.4) is 0 Å². The molecule has 7 nitrogen and oxygen atoms in total. The van der Waals surface area contributed by atoms with Crippen molar-refractivity contribution in [1.29, 1.82) is 0 Å². The third kappa shape index (κ3) is 10.3. The van der Waals surface area contributed by atoms with Crippen molar-refractivity contribution in [3.63, 3.8) is 0 Å². The van der Waals surface area contributed by atoms with Gasteiger partial charge in [0.05, 0.1) is 25.4 Å². The van der Waals surface area contributed by atoms with Gasteiger partial charge in [-0.1, -0.05) is 32.0 Å². The summed E-state index contributed by atoms with van der Waals surface area (Å²) < 4.78 is 5.38. The average molecular weight is 533 g/mol. The fourth-order valence-electron chi connectivity index (χ4n) is 3.29. The van der Waals surface area contributed by atoms with Crippen molar-refractivity contribution in [2.75, 3.05) is 57.8 Å². The van der Waals surface area contributed by atoms with Crippen molar-refractivity contribution in [2.24, 2.45) is 10.9 Å². The van der Waals surface area contributed by atoms with Crippen LogP contribution in [0.2, 0.25) is 0 Å². The molecule has 2 rings (SSSR count). The number of benzene rings is 1. The van der Waals surface area contributed by atoms with Crippen LogP contribution < -0.4 is 16.0 Å². The van der Waals surface area contributed by atoms with Gasteiger partial charge in [-0.15, -0.1) is 24.0 Å². The van der Waals surface area contributed by atoms with Crippen LogP contribution >= 0.6 is 24.0 Å². The first-order chi connectivity index (χ1) is 13.9. The Morgan fingerprint density at radius 3 is 2.47 bits per heavy atom. The van der Waals surface area contributed by atoms with E-state index < -0.39 is 5.60 Å². The third-order valence-electron chi connectivity index (χ3n) is 5.01. The average Bonchev–Trinajstić information content (AvgIpc) is 2.70. The fourth-order valence-corrected chi connectivity index (χ4v) is 3.29. The lowest BCUT2D eigenvalue weighted by Crippen LogP contribution is -2.49. The molecule has 1 saturated heterocycles. The molecule has 0 bridgehead atoms. The zero-order valence-electron chi connectivity index (χ0n) is 18.9. The molecule has 1 aliphatic rings. The van der Waals surface area contributed by atoms with Gasteiger partial charge in [0.2, 0.25) is 0 Å². The number of guanidine groups is 1. The van der Waals surface area contributed by atoms with E-state index in [0.29, 0.717) is 19.0 Å². The van der Waals surface area contributed by atoms with E-state index >= 15 is 0 Å². The molecule has 4 N–H and O–H groups in total. The van der Waals surface area contributed by atoms with Crippen molar-refractivity contribution < 1.29 is 9.84 Å². The van der Waals surface area contributed by atoms with Gasteiger partial charge in [0.15, 0.2) is 5.96 Å². The summed E-state index contributed by atoms with van der Waals surface area (Å²) in [5.74, 6) is 1.19. The van der Waals surface area contributed by atoms with Crippen LogP contribution in [0.4, 0.5) is 5.69 Å². The molecule has 1 fully saturated rings. The molecule has 2 atom stereocenters. The summed E-state index contributed by atoms with van der Waals surface area (Å²) in [5, 5.41) is 21.1. The summed E-state index contributed by atoms with van der Waals surface area (Å²) in [5.41, 5.74) is 0.239. The molecule has 0 amide bonds. The first kappa shape index (κ1) is 26.9. The minimum absolute atomic E-state index is 0. The molecular formula is C22H40IN5O2. The summed E-state index contributed by atoms with van der Waals surface area (Å²) in [6.07, 6.45) is 0. The Morgan fingerprint density at radius 2 is 1.87 bits per heavy atom. The zero-order valence-corrected chi connectivity index (χ0v) is 21.2. The number of aliphatic hydroxyl groups is 1. The molecule has 8 heteroatoms. The Balaban J connectivity index is 0.00000450. The van der Waals surface area contributed by atoms with Crippen molar-refractivity contribution >= 4 is 35.6 Å². The van der Waals surface area contributed by atoms with Crippen LogP contribution in [0.25, 0.3) is 0 Å². The van der Waals surface area contributed by atoms with Crippen LogP contribution in [-0.2, 0) is 4.74 Å². The molecule has 0 spiro atoms. The molecule has 2 unspecified atom stereocenters. The Morgan fingerprint density at radius 1 is 1.20 bits per heavy atom. The fraction of sp³-hybridized carbons (Fsp3) is 0.682. The third-order valence-corrected chi connectivity index (χ3v) is 5.01. The second kappa shape index (κ2) is 14.1. The lowest BCUT2D eigenvalue weighted by molar-refractivity contribution is -0.0179. The van der Waals surface area contributed by atoms with E-state index in [1.165, 1.54) is 0 Å². The van der Waals surface area contributed by atoms with Crippen LogP contribution in [0, 0.1) is 5.92 Å². The summed E-state index contributed by atoms with van der Waals surface area (Å²) >= 11 is 0. The van der Waals surface area contributed by atoms with Crippen molar-refractivity contribution in [3.8, 4) is 0 Å². The quantitative estimate of drug-likeness (QED) is 0.210. The van der Waals surface area contributed by atoms with Gasteiger partial charge in [0.1, 0.15) is 0 Å². The number of halogens is 1. The number of para-hydroxylation sites is 1. The van der Waals surface area contributed by atoms with Gasteiger partial charge < -0.3 is 25.8 Å². The number of hydrogen-bond donors (Lipinski definition) is 4. The maximum Gasteiger partial charge on any atom is 0.191 e. The molecule has 30 heavy (non-hydrogen) atoms. The molecule has 1 aromatic carbocycles. The minimum atomic E-state index is -0.876. The Hall–Kier alpha value is -1.10. The second-order valence-corrected chi connectivity index (χ2v) is 8.32. The van der Waals surface area contributed by atoms with Gasteiger partial charge in [-0.2, -0.15) is 0 Å². The maximum atomic E-state index is 10.8. The Labute approximate surface area is 199 Å². The summed E-state index contributed by atoms with van der Waals surface area (Å²) in [6.45, 7) is 14.0. The summed E-state index contributed by atoms with van der Waals surface area (Å²) in [6, 6.07) is 10.5. The highest BCUT2D eigenvalue weighted by Crippen LogP contribution is 2.12. The predicted molar refractivity (Wildman–Crippen MR) is 136 cm³/mol. The first-order valence-electron chi connectivity index (χ1n) is 10.8. The number of morpholine rings is 1. The number of ether oxygens (including phenoxy) is 1. The largest absolute Gasteiger partial charge is 0.387 e. The smallest absolute Gasteiger partial charge is 0.191 e. The summed E-state index contributed by atoms with van der Waals surface area (Å²) in [7, 11) is 0. The number of anilines is 1. The second-order valence-electron chi connectivity index (χ2n) is 8.32. The van der Waals surface area contributed by atoms with Crippen LogP contribution in [-0.4, -0.2) is 80.1 Å². The van der Waals surface area contributed by atoms with E-state index in [4.69, 9.17) is 4.74 Å². The number of aliphatic imine (C=N–C) groups is 1. The topological polar surface area (TPSA) is 81.2 Å². The molecule has 0 aromatic heterocycles. The Kier molecular flexibility index (Phi) is 12.6. The molecule has 0 saturated carbocycles. The number of hydrogen-bond acceptors (Lipinski definition) is 5. The minimum Gasteiger partial charge on any atom is -0.387 e. The monoisotopic (exact) mass is 533 g/mol. The highest BCUT2D eigenvalue weighted by atomic mass is 127. The van der Waals surface area contributed by atoms with Crippen LogP contribution in [0.5, 0.6) is 0 Å². The van der Waals surface area contributed by atoms with Crippen molar-refractivity contribution in [3.05, 3.63) is 30.3 Å². The maximum absolute atomic E-state index is 10.8. The van der Waals surface area contributed by atoms with E-state index in [0.717, 1.165) is 51.0 Å². The molecule has 172 valence electrons. The van der Waals surface area contributed by atoms with E-state index in [2.05, 4.69) is 51.8 Å². The van der Waals surface area contributed by atoms with Gasteiger partial charge in [-0.05, 0) is 31.9 Å². The summed E-state index contributed by atoms with van der Waals surface area (Å²) in [4.78, 5) is 6.88. The van der Waals surface area contributed by atoms with Gasteiger partial charge in [-0.25, -0.2) is 0 Å². The van der Waals surface area contributed by atoms with E-state index in [1.54, 1.807) is 0 Å². The molecule has 1 aliphatic heterocycles. The predicted octanol–water partition coefficient (Wildman–Crippen LogP) is 2.38.